The fraction of sp³-hybridized carbons (Fsp3) is 0.261. The molecule has 0 spiro atoms. The number of hydrogen-bond donors (Lipinski definition) is 0. The third kappa shape index (κ3) is 4.47. The van der Waals surface area contributed by atoms with Crippen molar-refractivity contribution in [3.63, 3.8) is 0 Å². The van der Waals surface area contributed by atoms with Crippen molar-refractivity contribution in [3.05, 3.63) is 77.1 Å². The van der Waals surface area contributed by atoms with Crippen LogP contribution >= 0.6 is 0 Å². The molecule has 31 heavy (non-hydrogen) atoms. The van der Waals surface area contributed by atoms with E-state index in [1.807, 2.05) is 0 Å². The van der Waals surface area contributed by atoms with Crippen molar-refractivity contribution in [2.75, 3.05) is 13.8 Å². The molecule has 1 aliphatic heterocycles. The lowest BCUT2D eigenvalue weighted by molar-refractivity contribution is -0.142. The normalized spacial score (nSPS) is 14.4. The van der Waals surface area contributed by atoms with Gasteiger partial charge in [-0.15, -0.1) is 0 Å². The van der Waals surface area contributed by atoms with Crippen LogP contribution in [0.5, 0.6) is 0 Å². The molecule has 0 saturated carbocycles. The Kier molecular flexibility index (Phi) is 6.19. The second-order valence-electron chi connectivity index (χ2n) is 7.47. The third-order valence-electron chi connectivity index (χ3n) is 5.06. The van der Waals surface area contributed by atoms with Gasteiger partial charge in [0.15, 0.2) is 12.5 Å². The van der Waals surface area contributed by atoms with Crippen LogP contribution in [0.3, 0.4) is 0 Å². The maximum atomic E-state index is 13.6. The zero-order chi connectivity index (χ0) is 22.8. The summed E-state index contributed by atoms with van der Waals surface area (Å²) in [4.78, 5) is 39.5. The molecule has 6 nitrogen and oxygen atoms in total. The molecule has 0 saturated heterocycles. The molecule has 8 heteroatoms. The molecule has 0 N–H and O–H groups in total. The Hall–Kier alpha value is -3.55. The SMILES string of the molecule is COC(=O)CC1=C(c2ccccc2)C(=O)N(C(C)(C)C(=O)c2cc(F)cc(F)c2)CO1. The van der Waals surface area contributed by atoms with Gasteiger partial charge in [-0.25, -0.2) is 8.78 Å². The number of esters is 1. The number of nitrogens with zero attached hydrogens (tertiary/aromatic N) is 1. The zero-order valence-corrected chi connectivity index (χ0v) is 17.3. The van der Waals surface area contributed by atoms with Gasteiger partial charge in [0.2, 0.25) is 0 Å². The van der Waals surface area contributed by atoms with Crippen molar-refractivity contribution < 1.29 is 32.6 Å². The number of benzene rings is 2. The van der Waals surface area contributed by atoms with Crippen LogP contribution in [0.4, 0.5) is 8.78 Å². The Labute approximate surface area is 178 Å². The van der Waals surface area contributed by atoms with Gasteiger partial charge in [0.05, 0.1) is 12.7 Å². The maximum Gasteiger partial charge on any atom is 0.313 e. The molecule has 2 aromatic rings. The Bertz CT molecular complexity index is 1040. The summed E-state index contributed by atoms with van der Waals surface area (Å²) >= 11 is 0. The summed E-state index contributed by atoms with van der Waals surface area (Å²) in [7, 11) is 1.22. The minimum Gasteiger partial charge on any atom is -0.476 e. The summed E-state index contributed by atoms with van der Waals surface area (Å²) in [5.41, 5.74) is -1.09. The molecule has 0 atom stereocenters. The summed E-state index contributed by atoms with van der Waals surface area (Å²) < 4.78 is 37.7. The highest BCUT2D eigenvalue weighted by Crippen LogP contribution is 2.33. The van der Waals surface area contributed by atoms with Gasteiger partial charge in [0.25, 0.3) is 5.91 Å². The topological polar surface area (TPSA) is 72.9 Å². The number of hydrogen-bond acceptors (Lipinski definition) is 5. The van der Waals surface area contributed by atoms with E-state index in [2.05, 4.69) is 4.74 Å². The van der Waals surface area contributed by atoms with Crippen molar-refractivity contribution in [1.29, 1.82) is 0 Å². The molecule has 0 fully saturated rings. The number of carbonyl (C=O) groups is 3. The molecule has 1 amide bonds. The van der Waals surface area contributed by atoms with Gasteiger partial charge in [-0.05, 0) is 31.5 Å². The van der Waals surface area contributed by atoms with Crippen molar-refractivity contribution in [3.8, 4) is 0 Å². The van der Waals surface area contributed by atoms with Crippen molar-refractivity contribution in [1.82, 2.24) is 4.90 Å². The van der Waals surface area contributed by atoms with E-state index in [0.29, 0.717) is 11.6 Å². The number of carbonyl (C=O) groups excluding carboxylic acids is 3. The van der Waals surface area contributed by atoms with E-state index in [1.54, 1.807) is 30.3 Å². The van der Waals surface area contributed by atoms with Crippen molar-refractivity contribution in [2.24, 2.45) is 0 Å². The van der Waals surface area contributed by atoms with E-state index in [0.717, 1.165) is 12.1 Å². The fourth-order valence-electron chi connectivity index (χ4n) is 3.34. The summed E-state index contributed by atoms with van der Waals surface area (Å²) in [6.07, 6.45) is -0.260. The van der Waals surface area contributed by atoms with Gasteiger partial charge in [0, 0.05) is 11.6 Å². The second-order valence-corrected chi connectivity index (χ2v) is 7.47. The first-order chi connectivity index (χ1) is 14.6. The lowest BCUT2D eigenvalue weighted by Crippen LogP contribution is -2.55. The molecule has 0 unspecified atom stereocenters. The van der Waals surface area contributed by atoms with Crippen LogP contribution in [0.1, 0.15) is 36.2 Å². The standard InChI is InChI=1S/C23H21F2NO5/c1-23(2,21(28)15-9-16(24)11-17(25)10-15)26-13-31-18(12-19(27)30-3)20(22(26)29)14-7-5-4-6-8-14/h4-11H,12-13H2,1-3H3. The maximum absolute atomic E-state index is 13.6. The minimum absolute atomic E-state index is 0.114. The first-order valence-corrected chi connectivity index (χ1v) is 9.46. The molecule has 0 aromatic heterocycles. The first kappa shape index (κ1) is 22.1. The van der Waals surface area contributed by atoms with Crippen LogP contribution in [0.2, 0.25) is 0 Å². The zero-order valence-electron chi connectivity index (χ0n) is 17.3. The average molecular weight is 429 g/mol. The van der Waals surface area contributed by atoms with Crippen LogP contribution in [0.25, 0.3) is 5.57 Å². The predicted octanol–water partition coefficient (Wildman–Crippen LogP) is 3.72. The number of methoxy groups -OCH3 is 1. The van der Waals surface area contributed by atoms with Crippen LogP contribution < -0.4 is 0 Å². The highest BCUT2D eigenvalue weighted by atomic mass is 19.1. The summed E-state index contributed by atoms with van der Waals surface area (Å²) in [5.74, 6) is -3.47. The first-order valence-electron chi connectivity index (χ1n) is 9.46. The number of amides is 1. The van der Waals surface area contributed by atoms with Crippen molar-refractivity contribution >= 4 is 23.2 Å². The van der Waals surface area contributed by atoms with Gasteiger partial charge in [0.1, 0.15) is 29.4 Å². The molecule has 1 aliphatic rings. The molecule has 0 radical (unpaired) electrons. The number of rotatable bonds is 6. The number of halogens is 2. The van der Waals surface area contributed by atoms with Gasteiger partial charge < -0.3 is 9.47 Å². The van der Waals surface area contributed by atoms with Gasteiger partial charge >= 0.3 is 5.97 Å². The van der Waals surface area contributed by atoms with E-state index in [9.17, 15) is 23.2 Å². The molecule has 0 aliphatic carbocycles. The quantitative estimate of drug-likeness (QED) is 0.517. The van der Waals surface area contributed by atoms with Crippen LogP contribution in [-0.4, -0.2) is 41.9 Å². The fourth-order valence-corrected chi connectivity index (χ4v) is 3.34. The van der Waals surface area contributed by atoms with E-state index in [1.165, 1.54) is 25.9 Å². The number of ketones is 1. The van der Waals surface area contributed by atoms with E-state index < -0.39 is 34.8 Å². The Morgan fingerprint density at radius 2 is 1.71 bits per heavy atom. The molecular weight excluding hydrogens is 408 g/mol. The monoisotopic (exact) mass is 429 g/mol. The third-order valence-corrected chi connectivity index (χ3v) is 5.06. The highest BCUT2D eigenvalue weighted by molar-refractivity contribution is 6.22. The molecule has 0 bridgehead atoms. The Morgan fingerprint density at radius 3 is 2.29 bits per heavy atom. The average Bonchev–Trinajstić information content (AvgIpc) is 2.73. The van der Waals surface area contributed by atoms with E-state index >= 15 is 0 Å². The van der Waals surface area contributed by atoms with Crippen molar-refractivity contribution in [2.45, 2.75) is 25.8 Å². The second kappa shape index (κ2) is 8.67. The summed E-state index contributed by atoms with van der Waals surface area (Å²) in [5, 5.41) is 0. The van der Waals surface area contributed by atoms with Gasteiger partial charge in [-0.3, -0.25) is 19.3 Å². The summed E-state index contributed by atoms with van der Waals surface area (Å²) in [6.45, 7) is 2.61. The van der Waals surface area contributed by atoms with Gasteiger partial charge in [-0.1, -0.05) is 30.3 Å². The molecule has 1 heterocycles. The number of ether oxygens (including phenoxy) is 2. The Balaban J connectivity index is 2.02. The van der Waals surface area contributed by atoms with Crippen LogP contribution in [0.15, 0.2) is 54.3 Å². The molecule has 2 aromatic carbocycles. The Morgan fingerprint density at radius 1 is 1.10 bits per heavy atom. The molecule has 162 valence electrons. The molecular formula is C23H21F2NO5. The highest BCUT2D eigenvalue weighted by Gasteiger charge is 2.43. The lowest BCUT2D eigenvalue weighted by Gasteiger charge is -2.40. The lowest BCUT2D eigenvalue weighted by atomic mass is 9.89. The van der Waals surface area contributed by atoms with Crippen LogP contribution in [-0.2, 0) is 19.1 Å². The summed E-state index contributed by atoms with van der Waals surface area (Å²) in [6, 6.07) is 11.0. The van der Waals surface area contributed by atoms with E-state index in [-0.39, 0.29) is 30.0 Å². The smallest absolute Gasteiger partial charge is 0.313 e. The largest absolute Gasteiger partial charge is 0.476 e. The predicted molar refractivity (Wildman–Crippen MR) is 108 cm³/mol. The molecule has 3 rings (SSSR count). The van der Waals surface area contributed by atoms with Crippen LogP contribution in [0, 0.1) is 11.6 Å². The van der Waals surface area contributed by atoms with E-state index in [4.69, 9.17) is 4.74 Å². The number of Topliss-reactive ketones (excluding diaryl/α,β-unsaturated/α-hetero) is 1. The minimum atomic E-state index is -1.49. The van der Waals surface area contributed by atoms with Gasteiger partial charge in [-0.2, -0.15) is 0 Å².